The number of hydrogen-bond donors (Lipinski definition) is 1. The summed E-state index contributed by atoms with van der Waals surface area (Å²) in [5.41, 5.74) is 1.63. The van der Waals surface area contributed by atoms with E-state index in [1.54, 1.807) is 0 Å². The number of ether oxygens (including phenoxy) is 1. The van der Waals surface area contributed by atoms with E-state index in [1.807, 2.05) is 31.2 Å². The molecule has 1 aromatic carbocycles. The van der Waals surface area contributed by atoms with Crippen LogP contribution in [0.2, 0.25) is 0 Å². The summed E-state index contributed by atoms with van der Waals surface area (Å²) in [6.07, 6.45) is 5.35. The number of nitrogens with one attached hydrogen (secondary N) is 1. The maximum atomic E-state index is 12.6. The molecule has 1 fully saturated rings. The fourth-order valence-electron chi connectivity index (χ4n) is 3.74. The Bertz CT molecular complexity index is 737. The molecule has 2 heterocycles. The third-order valence-electron chi connectivity index (χ3n) is 4.87. The Morgan fingerprint density at radius 1 is 1.35 bits per heavy atom. The maximum absolute atomic E-state index is 12.6. The van der Waals surface area contributed by atoms with E-state index in [1.165, 1.54) is 12.8 Å². The van der Waals surface area contributed by atoms with Gasteiger partial charge in [-0.05, 0) is 50.2 Å². The molecule has 0 radical (unpaired) electrons. The van der Waals surface area contributed by atoms with Crippen molar-refractivity contribution in [3.8, 4) is 5.75 Å². The molecule has 120 valence electrons. The van der Waals surface area contributed by atoms with Crippen molar-refractivity contribution in [3.05, 3.63) is 40.4 Å². The van der Waals surface area contributed by atoms with Crippen molar-refractivity contribution in [1.82, 2.24) is 14.9 Å². The predicted molar refractivity (Wildman–Crippen MR) is 87.7 cm³/mol. The molecule has 1 aliphatic heterocycles. The Morgan fingerprint density at radius 2 is 2.13 bits per heavy atom. The molecule has 1 atom stereocenters. The predicted octanol–water partition coefficient (Wildman–Crippen LogP) is 3.41. The number of fused-ring (bicyclic) bond motifs is 1. The van der Waals surface area contributed by atoms with Crippen LogP contribution in [0, 0.1) is 6.92 Å². The smallest absolute Gasteiger partial charge is 0.265 e. The van der Waals surface area contributed by atoms with Crippen LogP contribution in [-0.4, -0.2) is 21.1 Å². The van der Waals surface area contributed by atoms with Crippen molar-refractivity contribution in [2.45, 2.75) is 50.7 Å². The van der Waals surface area contributed by atoms with E-state index in [0.29, 0.717) is 10.6 Å². The Labute approximate surface area is 139 Å². The molecule has 23 heavy (non-hydrogen) atoms. The second kappa shape index (κ2) is 5.60. The Balaban J connectivity index is 1.64. The summed E-state index contributed by atoms with van der Waals surface area (Å²) in [5.74, 6) is 0.817. The summed E-state index contributed by atoms with van der Waals surface area (Å²) < 4.78 is 10.2. The quantitative estimate of drug-likeness (QED) is 0.917. The third-order valence-corrected chi connectivity index (χ3v) is 5.70. The van der Waals surface area contributed by atoms with Gasteiger partial charge in [-0.1, -0.05) is 22.7 Å². The average molecular weight is 329 g/mol. The van der Waals surface area contributed by atoms with Gasteiger partial charge in [-0.15, -0.1) is 5.10 Å². The van der Waals surface area contributed by atoms with Gasteiger partial charge in [-0.3, -0.25) is 4.79 Å². The Morgan fingerprint density at radius 3 is 2.87 bits per heavy atom. The number of aryl methyl sites for hydroxylation is 1. The number of para-hydroxylation sites is 1. The first kappa shape index (κ1) is 14.6. The van der Waals surface area contributed by atoms with Crippen molar-refractivity contribution in [1.29, 1.82) is 0 Å². The normalized spacial score (nSPS) is 21.7. The molecule has 1 amide bonds. The third kappa shape index (κ3) is 2.61. The number of amides is 1. The van der Waals surface area contributed by atoms with Crippen molar-refractivity contribution < 1.29 is 9.53 Å². The van der Waals surface area contributed by atoms with Crippen LogP contribution in [0.15, 0.2) is 24.3 Å². The highest BCUT2D eigenvalue weighted by molar-refractivity contribution is 7.08. The molecule has 0 bridgehead atoms. The second-order valence-electron chi connectivity index (χ2n) is 6.45. The van der Waals surface area contributed by atoms with E-state index in [4.69, 9.17) is 4.74 Å². The molecular weight excluding hydrogens is 310 g/mol. The zero-order valence-corrected chi connectivity index (χ0v) is 13.9. The van der Waals surface area contributed by atoms with Crippen molar-refractivity contribution in [2.24, 2.45) is 0 Å². The molecule has 1 N–H and O–H groups in total. The Kier molecular flexibility index (Phi) is 3.56. The number of rotatable bonds is 2. The van der Waals surface area contributed by atoms with Gasteiger partial charge in [-0.25, -0.2) is 0 Å². The maximum Gasteiger partial charge on any atom is 0.265 e. The SMILES string of the molecule is Cc1nnsc1C(=O)N[C@@H]1CC2(CCCC2)Oc2ccccc21. The van der Waals surface area contributed by atoms with Crippen LogP contribution in [0.3, 0.4) is 0 Å². The summed E-state index contributed by atoms with van der Waals surface area (Å²) in [6, 6.07) is 8.01. The van der Waals surface area contributed by atoms with Gasteiger partial charge in [0, 0.05) is 12.0 Å². The van der Waals surface area contributed by atoms with E-state index >= 15 is 0 Å². The molecule has 6 heteroatoms. The number of hydrogen-bond acceptors (Lipinski definition) is 5. The lowest BCUT2D eigenvalue weighted by Gasteiger charge is -2.40. The molecule has 1 aliphatic carbocycles. The summed E-state index contributed by atoms with van der Waals surface area (Å²) in [4.78, 5) is 13.2. The largest absolute Gasteiger partial charge is 0.487 e. The highest BCUT2D eigenvalue weighted by atomic mass is 32.1. The fraction of sp³-hybridized carbons (Fsp3) is 0.471. The number of carbonyl (C=O) groups is 1. The monoisotopic (exact) mass is 329 g/mol. The van der Waals surface area contributed by atoms with Gasteiger partial charge in [0.15, 0.2) is 0 Å². The van der Waals surface area contributed by atoms with Crippen LogP contribution in [0.25, 0.3) is 0 Å². The van der Waals surface area contributed by atoms with Gasteiger partial charge >= 0.3 is 0 Å². The van der Waals surface area contributed by atoms with E-state index in [-0.39, 0.29) is 17.6 Å². The lowest BCUT2D eigenvalue weighted by molar-refractivity contribution is 0.0361. The van der Waals surface area contributed by atoms with Crippen LogP contribution in [0.4, 0.5) is 0 Å². The van der Waals surface area contributed by atoms with Crippen molar-refractivity contribution in [3.63, 3.8) is 0 Å². The van der Waals surface area contributed by atoms with Crippen LogP contribution >= 0.6 is 11.5 Å². The molecule has 1 spiro atoms. The lowest BCUT2D eigenvalue weighted by Crippen LogP contribution is -2.43. The van der Waals surface area contributed by atoms with Gasteiger partial charge in [0.1, 0.15) is 16.2 Å². The minimum absolute atomic E-state index is 0.0213. The number of nitrogens with zero attached hydrogens (tertiary/aromatic N) is 2. The van der Waals surface area contributed by atoms with Crippen LogP contribution in [0.5, 0.6) is 5.75 Å². The van der Waals surface area contributed by atoms with Crippen LogP contribution in [-0.2, 0) is 0 Å². The lowest BCUT2D eigenvalue weighted by atomic mass is 9.86. The van der Waals surface area contributed by atoms with Gasteiger partial charge in [0.2, 0.25) is 0 Å². The first-order valence-electron chi connectivity index (χ1n) is 8.05. The van der Waals surface area contributed by atoms with E-state index in [0.717, 1.165) is 42.1 Å². The first-order valence-corrected chi connectivity index (χ1v) is 8.82. The zero-order valence-electron chi connectivity index (χ0n) is 13.0. The highest BCUT2D eigenvalue weighted by Crippen LogP contribution is 2.47. The first-order chi connectivity index (χ1) is 11.2. The molecule has 5 nitrogen and oxygen atoms in total. The molecular formula is C17H19N3O2S. The molecule has 1 saturated carbocycles. The molecule has 4 rings (SSSR count). The minimum atomic E-state index is -0.118. The van der Waals surface area contributed by atoms with Gasteiger partial charge in [0.05, 0.1) is 11.7 Å². The molecule has 0 unspecified atom stereocenters. The standard InChI is InChI=1S/C17H19N3O2S/c1-11-15(23-20-19-11)16(21)18-13-10-17(8-4-5-9-17)22-14-7-3-2-6-12(13)14/h2-3,6-7,13H,4-5,8-10H2,1H3,(H,18,21)/t13-/m1/s1. The van der Waals surface area contributed by atoms with Crippen molar-refractivity contribution in [2.75, 3.05) is 0 Å². The van der Waals surface area contributed by atoms with E-state index < -0.39 is 0 Å². The molecule has 1 aromatic heterocycles. The highest BCUT2D eigenvalue weighted by Gasteiger charge is 2.43. The summed E-state index contributed by atoms with van der Waals surface area (Å²) in [6.45, 7) is 1.81. The number of aromatic nitrogens is 2. The zero-order chi connectivity index (χ0) is 15.9. The van der Waals surface area contributed by atoms with E-state index in [9.17, 15) is 4.79 Å². The summed E-state index contributed by atoms with van der Waals surface area (Å²) in [5, 5.41) is 7.11. The molecule has 2 aliphatic rings. The summed E-state index contributed by atoms with van der Waals surface area (Å²) >= 11 is 1.15. The number of carbonyl (C=O) groups excluding carboxylic acids is 1. The van der Waals surface area contributed by atoms with Crippen LogP contribution in [0.1, 0.15) is 59.1 Å². The van der Waals surface area contributed by atoms with Gasteiger partial charge in [0.25, 0.3) is 5.91 Å². The summed E-state index contributed by atoms with van der Waals surface area (Å²) in [7, 11) is 0. The van der Waals surface area contributed by atoms with Crippen molar-refractivity contribution >= 4 is 17.4 Å². The van der Waals surface area contributed by atoms with E-state index in [2.05, 4.69) is 14.9 Å². The second-order valence-corrected chi connectivity index (χ2v) is 7.20. The molecule has 2 aromatic rings. The van der Waals surface area contributed by atoms with Gasteiger partial charge < -0.3 is 10.1 Å². The van der Waals surface area contributed by atoms with Gasteiger partial charge in [-0.2, -0.15) is 0 Å². The topological polar surface area (TPSA) is 64.1 Å². The average Bonchev–Trinajstić information content (AvgIpc) is 3.16. The number of benzene rings is 1. The molecule has 0 saturated heterocycles. The van der Waals surface area contributed by atoms with Crippen LogP contribution < -0.4 is 10.1 Å². The Hall–Kier alpha value is -1.95. The minimum Gasteiger partial charge on any atom is -0.487 e. The fourth-order valence-corrected chi connectivity index (χ4v) is 4.30.